The van der Waals surface area contributed by atoms with E-state index in [0.29, 0.717) is 0 Å². The molecule has 0 bridgehead atoms. The van der Waals surface area contributed by atoms with Crippen LogP contribution in [0.2, 0.25) is 18.1 Å². The molecular weight excluding hydrogens is 284 g/mol. The predicted octanol–water partition coefficient (Wildman–Crippen LogP) is 5.85. The van der Waals surface area contributed by atoms with Crippen LogP contribution in [0, 0.1) is 5.92 Å². The molecule has 1 saturated heterocycles. The molecule has 0 unspecified atom stereocenters. The van der Waals surface area contributed by atoms with Crippen molar-refractivity contribution in [2.45, 2.75) is 76.9 Å². The molecule has 1 fully saturated rings. The molecule has 0 saturated carbocycles. The van der Waals surface area contributed by atoms with Gasteiger partial charge in [0.15, 0.2) is 0 Å². The lowest BCUT2D eigenvalue weighted by Crippen LogP contribution is -2.21. The molecule has 1 aliphatic heterocycles. The fraction of sp³-hybridized carbons (Fsp3) is 0.700. The van der Waals surface area contributed by atoms with Crippen molar-refractivity contribution in [3.05, 3.63) is 29.8 Å². The normalized spacial score (nSPS) is 21.7. The lowest BCUT2D eigenvalue weighted by atomic mass is 9.94. The van der Waals surface area contributed by atoms with Crippen molar-refractivity contribution >= 4 is 8.80 Å². The highest BCUT2D eigenvalue weighted by molar-refractivity contribution is 6.58. The molecule has 1 aromatic rings. The second-order valence-electron chi connectivity index (χ2n) is 6.96. The van der Waals surface area contributed by atoms with Gasteiger partial charge in [-0.1, -0.05) is 75.4 Å². The predicted molar refractivity (Wildman–Crippen MR) is 99.8 cm³/mol. The summed E-state index contributed by atoms with van der Waals surface area (Å²) in [6.45, 7) is 5.16. The van der Waals surface area contributed by atoms with Crippen LogP contribution in [-0.4, -0.2) is 15.4 Å². The minimum atomic E-state index is -0.341. The van der Waals surface area contributed by atoms with E-state index >= 15 is 0 Å². The van der Waals surface area contributed by atoms with Gasteiger partial charge < -0.3 is 4.74 Å². The summed E-state index contributed by atoms with van der Waals surface area (Å²) < 4.78 is 5.76. The van der Waals surface area contributed by atoms with Crippen LogP contribution in [0.1, 0.15) is 57.9 Å². The minimum Gasteiger partial charge on any atom is -0.494 e. The first-order valence-electron chi connectivity index (χ1n) is 9.54. The fourth-order valence-corrected chi connectivity index (χ4v) is 7.48. The van der Waals surface area contributed by atoms with E-state index in [1.54, 1.807) is 18.1 Å². The number of hydrogen-bond acceptors (Lipinski definition) is 1. The molecule has 2 rings (SSSR count). The summed E-state index contributed by atoms with van der Waals surface area (Å²) in [5.74, 6) is 2.08. The Bertz CT molecular complexity index is 410. The molecule has 0 radical (unpaired) electrons. The SMILES string of the molecule is CCCCC[SiH]1CCC(CCc2ccccc2OCC)CC1. The summed E-state index contributed by atoms with van der Waals surface area (Å²) in [5.41, 5.74) is 1.41. The van der Waals surface area contributed by atoms with Crippen molar-refractivity contribution in [2.24, 2.45) is 5.92 Å². The second-order valence-corrected chi connectivity index (χ2v) is 10.4. The summed E-state index contributed by atoms with van der Waals surface area (Å²) >= 11 is 0. The first-order valence-corrected chi connectivity index (χ1v) is 12.0. The van der Waals surface area contributed by atoms with E-state index < -0.39 is 0 Å². The minimum absolute atomic E-state index is 0.341. The van der Waals surface area contributed by atoms with E-state index in [1.165, 1.54) is 50.5 Å². The van der Waals surface area contributed by atoms with Gasteiger partial charge >= 0.3 is 0 Å². The maximum atomic E-state index is 5.76. The Kier molecular flexibility index (Phi) is 8.07. The molecule has 0 aliphatic carbocycles. The Labute approximate surface area is 139 Å². The fourth-order valence-electron chi connectivity index (χ4n) is 3.86. The molecule has 1 heterocycles. The summed E-state index contributed by atoms with van der Waals surface area (Å²) in [4.78, 5) is 0. The molecule has 1 aromatic carbocycles. The highest BCUT2D eigenvalue weighted by atomic mass is 28.3. The number of ether oxygens (including phenoxy) is 1. The Morgan fingerprint density at radius 2 is 1.86 bits per heavy atom. The monoisotopic (exact) mass is 318 g/mol. The van der Waals surface area contributed by atoms with Crippen molar-refractivity contribution < 1.29 is 4.74 Å². The van der Waals surface area contributed by atoms with E-state index in [9.17, 15) is 0 Å². The smallest absolute Gasteiger partial charge is 0.122 e. The van der Waals surface area contributed by atoms with Crippen LogP contribution in [0.4, 0.5) is 0 Å². The van der Waals surface area contributed by atoms with Gasteiger partial charge in [0.1, 0.15) is 5.75 Å². The largest absolute Gasteiger partial charge is 0.494 e. The number of para-hydroxylation sites is 1. The first kappa shape index (κ1) is 17.6. The summed E-state index contributed by atoms with van der Waals surface area (Å²) in [6.07, 6.45) is 9.94. The van der Waals surface area contributed by atoms with Crippen LogP contribution in [-0.2, 0) is 6.42 Å². The summed E-state index contributed by atoms with van der Waals surface area (Å²) in [5, 5.41) is 0. The van der Waals surface area contributed by atoms with Crippen molar-refractivity contribution in [3.63, 3.8) is 0 Å². The van der Waals surface area contributed by atoms with Crippen molar-refractivity contribution in [3.8, 4) is 5.75 Å². The average Bonchev–Trinajstić information content (AvgIpc) is 2.56. The van der Waals surface area contributed by atoms with Crippen LogP contribution in [0.3, 0.4) is 0 Å². The van der Waals surface area contributed by atoms with E-state index in [0.717, 1.165) is 18.3 Å². The number of benzene rings is 1. The molecular formula is C20H34OSi. The highest BCUT2D eigenvalue weighted by Crippen LogP contribution is 2.32. The lowest BCUT2D eigenvalue weighted by molar-refractivity contribution is 0.334. The Balaban J connectivity index is 1.70. The van der Waals surface area contributed by atoms with E-state index in [2.05, 4.69) is 38.1 Å². The van der Waals surface area contributed by atoms with Gasteiger partial charge in [0.2, 0.25) is 0 Å². The van der Waals surface area contributed by atoms with Gasteiger partial charge in [0.05, 0.1) is 6.61 Å². The standard InChI is InChI=1S/C20H34OSi/c1-3-5-8-15-22-16-13-18(14-17-22)11-12-19-9-6-7-10-20(19)21-4-2/h6-7,9-10,18,22H,3-5,8,11-17H2,1-2H3. The van der Waals surface area contributed by atoms with E-state index in [4.69, 9.17) is 4.74 Å². The highest BCUT2D eigenvalue weighted by Gasteiger charge is 2.21. The Hall–Kier alpha value is -0.763. The van der Waals surface area contributed by atoms with Crippen LogP contribution in [0.15, 0.2) is 24.3 Å². The van der Waals surface area contributed by atoms with Gasteiger partial charge in [0, 0.05) is 8.80 Å². The molecule has 1 aliphatic rings. The zero-order valence-corrected chi connectivity index (χ0v) is 15.8. The first-order chi connectivity index (χ1) is 10.8. The number of hydrogen-bond donors (Lipinski definition) is 0. The Morgan fingerprint density at radius 3 is 2.59 bits per heavy atom. The molecule has 2 heteroatoms. The molecule has 1 nitrogen and oxygen atoms in total. The van der Waals surface area contributed by atoms with E-state index in [-0.39, 0.29) is 8.80 Å². The molecule has 0 aromatic heterocycles. The molecule has 0 N–H and O–H groups in total. The zero-order chi connectivity index (χ0) is 15.6. The molecule has 0 atom stereocenters. The number of aryl methyl sites for hydroxylation is 1. The van der Waals surface area contributed by atoms with Gasteiger partial charge in [-0.25, -0.2) is 0 Å². The van der Waals surface area contributed by atoms with Gasteiger partial charge in [-0.15, -0.1) is 0 Å². The third kappa shape index (κ3) is 5.79. The quantitative estimate of drug-likeness (QED) is 0.410. The van der Waals surface area contributed by atoms with Gasteiger partial charge in [0.25, 0.3) is 0 Å². The van der Waals surface area contributed by atoms with Gasteiger partial charge in [-0.2, -0.15) is 0 Å². The van der Waals surface area contributed by atoms with Crippen LogP contribution < -0.4 is 4.74 Å². The third-order valence-corrected chi connectivity index (χ3v) is 8.80. The van der Waals surface area contributed by atoms with Gasteiger partial charge in [-0.3, -0.25) is 0 Å². The van der Waals surface area contributed by atoms with Gasteiger partial charge in [-0.05, 0) is 37.3 Å². The summed E-state index contributed by atoms with van der Waals surface area (Å²) in [7, 11) is -0.341. The van der Waals surface area contributed by atoms with Crippen molar-refractivity contribution in [1.29, 1.82) is 0 Å². The topological polar surface area (TPSA) is 9.23 Å². The maximum absolute atomic E-state index is 5.76. The average molecular weight is 319 g/mol. The molecule has 124 valence electrons. The molecule has 0 spiro atoms. The molecule has 0 amide bonds. The zero-order valence-electron chi connectivity index (χ0n) is 14.7. The Morgan fingerprint density at radius 1 is 1.09 bits per heavy atom. The van der Waals surface area contributed by atoms with Crippen LogP contribution >= 0.6 is 0 Å². The second kappa shape index (κ2) is 10.1. The summed E-state index contributed by atoms with van der Waals surface area (Å²) in [6, 6.07) is 13.4. The lowest BCUT2D eigenvalue weighted by Gasteiger charge is -2.27. The maximum Gasteiger partial charge on any atom is 0.122 e. The number of unbranched alkanes of at least 4 members (excludes halogenated alkanes) is 2. The molecule has 22 heavy (non-hydrogen) atoms. The van der Waals surface area contributed by atoms with E-state index in [1.807, 2.05) is 0 Å². The van der Waals surface area contributed by atoms with Crippen molar-refractivity contribution in [2.75, 3.05) is 6.61 Å². The van der Waals surface area contributed by atoms with Crippen molar-refractivity contribution in [1.82, 2.24) is 0 Å². The van der Waals surface area contributed by atoms with Crippen LogP contribution in [0.25, 0.3) is 0 Å². The third-order valence-electron chi connectivity index (χ3n) is 5.28. The number of rotatable bonds is 9. The van der Waals surface area contributed by atoms with Crippen LogP contribution in [0.5, 0.6) is 5.75 Å².